The molecule has 0 aliphatic heterocycles. The van der Waals surface area contributed by atoms with E-state index in [-0.39, 0.29) is 0 Å². The summed E-state index contributed by atoms with van der Waals surface area (Å²) >= 11 is 0. The van der Waals surface area contributed by atoms with Crippen molar-refractivity contribution >= 4 is 5.69 Å². The average molecular weight is 208 g/mol. The van der Waals surface area contributed by atoms with Crippen LogP contribution in [0.4, 0.5) is 5.69 Å². The molecule has 0 amide bonds. The predicted molar refractivity (Wildman–Crippen MR) is 63.0 cm³/mol. The lowest BCUT2D eigenvalue weighted by atomic mass is 10.2. The molecule has 0 saturated carbocycles. The van der Waals surface area contributed by atoms with Crippen molar-refractivity contribution in [3.8, 4) is 0 Å². The third kappa shape index (κ3) is 3.16. The lowest BCUT2D eigenvalue weighted by Gasteiger charge is -2.12. The lowest BCUT2D eigenvalue weighted by Crippen LogP contribution is -2.12. The first-order valence-electron chi connectivity index (χ1n) is 5.47. The molecular weight excluding hydrogens is 188 g/mol. The van der Waals surface area contributed by atoms with Crippen LogP contribution in [-0.2, 0) is 6.42 Å². The van der Waals surface area contributed by atoms with Crippen LogP contribution in [0.1, 0.15) is 30.6 Å². The zero-order valence-electron chi connectivity index (χ0n) is 9.80. The third-order valence-corrected chi connectivity index (χ3v) is 2.32. The van der Waals surface area contributed by atoms with E-state index in [0.717, 1.165) is 42.3 Å². The lowest BCUT2D eigenvalue weighted by molar-refractivity contribution is 0.856. The Kier molecular flexibility index (Phi) is 4.49. The van der Waals surface area contributed by atoms with Crippen LogP contribution in [0, 0.1) is 13.8 Å². The first-order chi connectivity index (χ1) is 7.19. The number of nitrogens with zero attached hydrogens (tertiary/aromatic N) is 2. The Hall–Kier alpha value is -1.16. The van der Waals surface area contributed by atoms with Gasteiger partial charge in [0.2, 0.25) is 0 Å². The number of nitrogens with one attached hydrogen (secondary N) is 1. The molecule has 0 bridgehead atoms. The van der Waals surface area contributed by atoms with Gasteiger partial charge in [-0.1, -0.05) is 6.92 Å². The highest BCUT2D eigenvalue weighted by Crippen LogP contribution is 2.16. The monoisotopic (exact) mass is 208 g/mol. The topological polar surface area (TPSA) is 63.8 Å². The van der Waals surface area contributed by atoms with Crippen LogP contribution in [0.25, 0.3) is 0 Å². The average Bonchev–Trinajstić information content (AvgIpc) is 2.22. The second-order valence-electron chi connectivity index (χ2n) is 3.61. The number of rotatable bonds is 5. The number of aryl methyl sites for hydroxylation is 3. The fourth-order valence-electron chi connectivity index (χ4n) is 1.52. The molecule has 4 heteroatoms. The molecule has 3 N–H and O–H groups in total. The number of aromatic nitrogens is 2. The Bertz CT molecular complexity index is 299. The van der Waals surface area contributed by atoms with Crippen molar-refractivity contribution in [2.75, 3.05) is 18.4 Å². The van der Waals surface area contributed by atoms with Gasteiger partial charge in [-0.3, -0.25) is 0 Å². The Labute approximate surface area is 91.3 Å². The molecule has 0 atom stereocenters. The van der Waals surface area contributed by atoms with Crippen LogP contribution in [0.2, 0.25) is 0 Å². The molecule has 0 aromatic carbocycles. The van der Waals surface area contributed by atoms with Crippen LogP contribution in [0.15, 0.2) is 0 Å². The summed E-state index contributed by atoms with van der Waals surface area (Å²) in [7, 11) is 0. The van der Waals surface area contributed by atoms with Crippen molar-refractivity contribution < 1.29 is 0 Å². The highest BCUT2D eigenvalue weighted by Gasteiger charge is 2.06. The Morgan fingerprint density at radius 2 is 1.80 bits per heavy atom. The highest BCUT2D eigenvalue weighted by molar-refractivity contribution is 5.51. The fraction of sp³-hybridized carbons (Fsp3) is 0.636. The van der Waals surface area contributed by atoms with Crippen molar-refractivity contribution in [1.82, 2.24) is 9.97 Å². The van der Waals surface area contributed by atoms with Crippen LogP contribution < -0.4 is 11.1 Å². The number of hydrogen-bond donors (Lipinski definition) is 2. The Morgan fingerprint density at radius 1 is 1.20 bits per heavy atom. The number of nitrogens with two attached hydrogens (primary N) is 1. The fourth-order valence-corrected chi connectivity index (χ4v) is 1.52. The first kappa shape index (κ1) is 11.9. The van der Waals surface area contributed by atoms with E-state index in [0.29, 0.717) is 6.54 Å². The van der Waals surface area contributed by atoms with Gasteiger partial charge < -0.3 is 11.1 Å². The van der Waals surface area contributed by atoms with E-state index in [1.807, 2.05) is 13.8 Å². The smallest absolute Gasteiger partial charge is 0.128 e. The maximum atomic E-state index is 5.44. The zero-order valence-corrected chi connectivity index (χ0v) is 9.80. The Morgan fingerprint density at radius 3 is 2.27 bits per heavy atom. The summed E-state index contributed by atoms with van der Waals surface area (Å²) in [4.78, 5) is 8.85. The summed E-state index contributed by atoms with van der Waals surface area (Å²) in [6.07, 6.45) is 1.85. The summed E-state index contributed by atoms with van der Waals surface area (Å²) in [6, 6.07) is 0. The molecule has 0 spiro atoms. The van der Waals surface area contributed by atoms with Gasteiger partial charge in [0.15, 0.2) is 0 Å². The van der Waals surface area contributed by atoms with Gasteiger partial charge in [-0.15, -0.1) is 0 Å². The van der Waals surface area contributed by atoms with E-state index in [2.05, 4.69) is 22.2 Å². The minimum atomic E-state index is 0.707. The molecule has 15 heavy (non-hydrogen) atoms. The van der Waals surface area contributed by atoms with Gasteiger partial charge in [-0.2, -0.15) is 0 Å². The van der Waals surface area contributed by atoms with Crippen molar-refractivity contribution in [1.29, 1.82) is 0 Å². The SMILES string of the molecule is CCc1nc(C)c(NCCCN)c(C)n1. The number of anilines is 1. The molecule has 1 aromatic rings. The van der Waals surface area contributed by atoms with Gasteiger partial charge in [0.25, 0.3) is 0 Å². The molecule has 0 aliphatic rings. The van der Waals surface area contributed by atoms with E-state index >= 15 is 0 Å². The van der Waals surface area contributed by atoms with Gasteiger partial charge in [-0.05, 0) is 26.8 Å². The molecular formula is C11H20N4. The summed E-state index contributed by atoms with van der Waals surface area (Å²) in [5.74, 6) is 0.911. The molecule has 1 heterocycles. The number of hydrogen-bond acceptors (Lipinski definition) is 4. The van der Waals surface area contributed by atoms with Gasteiger partial charge in [0, 0.05) is 13.0 Å². The van der Waals surface area contributed by atoms with Gasteiger partial charge >= 0.3 is 0 Å². The van der Waals surface area contributed by atoms with Gasteiger partial charge in [0.1, 0.15) is 5.82 Å². The van der Waals surface area contributed by atoms with Crippen LogP contribution in [0.3, 0.4) is 0 Å². The summed E-state index contributed by atoms with van der Waals surface area (Å²) in [5.41, 5.74) is 8.55. The third-order valence-electron chi connectivity index (χ3n) is 2.32. The van der Waals surface area contributed by atoms with E-state index in [9.17, 15) is 0 Å². The van der Waals surface area contributed by atoms with Crippen LogP contribution in [0.5, 0.6) is 0 Å². The van der Waals surface area contributed by atoms with E-state index < -0.39 is 0 Å². The van der Waals surface area contributed by atoms with Crippen LogP contribution in [-0.4, -0.2) is 23.1 Å². The Balaban J connectivity index is 2.79. The van der Waals surface area contributed by atoms with E-state index in [4.69, 9.17) is 5.73 Å². The first-order valence-corrected chi connectivity index (χ1v) is 5.47. The molecule has 4 nitrogen and oxygen atoms in total. The second-order valence-corrected chi connectivity index (χ2v) is 3.61. The van der Waals surface area contributed by atoms with Gasteiger partial charge in [-0.25, -0.2) is 9.97 Å². The maximum absolute atomic E-state index is 5.44. The molecule has 84 valence electrons. The van der Waals surface area contributed by atoms with E-state index in [1.54, 1.807) is 0 Å². The summed E-state index contributed by atoms with van der Waals surface area (Å²) in [5, 5.41) is 3.33. The van der Waals surface area contributed by atoms with Crippen molar-refractivity contribution in [3.05, 3.63) is 17.2 Å². The molecule has 0 fully saturated rings. The molecule has 0 radical (unpaired) electrons. The molecule has 1 aromatic heterocycles. The second kappa shape index (κ2) is 5.66. The predicted octanol–water partition coefficient (Wildman–Crippen LogP) is 1.42. The normalized spacial score (nSPS) is 10.4. The minimum Gasteiger partial charge on any atom is -0.382 e. The zero-order chi connectivity index (χ0) is 11.3. The molecule has 0 unspecified atom stereocenters. The molecule has 0 saturated heterocycles. The summed E-state index contributed by atoms with van der Waals surface area (Å²) < 4.78 is 0. The maximum Gasteiger partial charge on any atom is 0.128 e. The quantitative estimate of drug-likeness (QED) is 0.718. The van der Waals surface area contributed by atoms with Crippen molar-refractivity contribution in [3.63, 3.8) is 0 Å². The van der Waals surface area contributed by atoms with Gasteiger partial charge in [0.05, 0.1) is 17.1 Å². The highest BCUT2D eigenvalue weighted by atomic mass is 15.0. The van der Waals surface area contributed by atoms with Crippen molar-refractivity contribution in [2.45, 2.75) is 33.6 Å². The standard InChI is InChI=1S/C11H20N4/c1-4-10-14-8(2)11(9(3)15-10)13-7-5-6-12/h13H,4-7,12H2,1-3H3. The largest absolute Gasteiger partial charge is 0.382 e. The molecule has 0 aliphatic carbocycles. The van der Waals surface area contributed by atoms with Crippen molar-refractivity contribution in [2.24, 2.45) is 5.73 Å². The van der Waals surface area contributed by atoms with Crippen LogP contribution >= 0.6 is 0 Å². The minimum absolute atomic E-state index is 0.707. The molecule has 1 rings (SSSR count). The summed E-state index contributed by atoms with van der Waals surface area (Å²) in [6.45, 7) is 7.68. The van der Waals surface area contributed by atoms with E-state index in [1.165, 1.54) is 0 Å².